The second-order valence-electron chi connectivity index (χ2n) is 4.61. The fourth-order valence-corrected chi connectivity index (χ4v) is 1.98. The van der Waals surface area contributed by atoms with Crippen molar-refractivity contribution in [2.24, 2.45) is 0 Å². The molecule has 7 heteroatoms. The van der Waals surface area contributed by atoms with Crippen LogP contribution in [0.5, 0.6) is 0 Å². The van der Waals surface area contributed by atoms with Gasteiger partial charge in [0.1, 0.15) is 6.61 Å². The van der Waals surface area contributed by atoms with Crippen molar-refractivity contribution in [1.29, 1.82) is 0 Å². The second kappa shape index (κ2) is 8.56. The predicted octanol–water partition coefficient (Wildman–Crippen LogP) is 4.30. The summed E-state index contributed by atoms with van der Waals surface area (Å²) in [5.41, 5.74) is 0.688. The molecular formula is C14H18ClF4NO. The topological polar surface area (TPSA) is 21.3 Å². The molecule has 0 bridgehead atoms. The molecule has 0 radical (unpaired) electrons. The molecular weight excluding hydrogens is 310 g/mol. The van der Waals surface area contributed by atoms with Crippen LogP contribution < -0.4 is 5.32 Å². The van der Waals surface area contributed by atoms with Gasteiger partial charge in [0.05, 0.1) is 12.6 Å². The summed E-state index contributed by atoms with van der Waals surface area (Å²) in [6.45, 7) is 1.10. The molecule has 0 heterocycles. The Morgan fingerprint density at radius 2 is 1.95 bits per heavy atom. The van der Waals surface area contributed by atoms with Crippen LogP contribution in [0.1, 0.15) is 24.9 Å². The number of alkyl halides is 4. The van der Waals surface area contributed by atoms with E-state index in [-0.39, 0.29) is 6.61 Å². The van der Waals surface area contributed by atoms with Crippen LogP contribution in [-0.2, 0) is 4.74 Å². The van der Waals surface area contributed by atoms with Crippen molar-refractivity contribution in [1.82, 2.24) is 5.32 Å². The van der Waals surface area contributed by atoms with Crippen LogP contribution in [0.4, 0.5) is 17.6 Å². The highest BCUT2D eigenvalue weighted by atomic mass is 35.5. The molecule has 120 valence electrons. The highest BCUT2D eigenvalue weighted by Gasteiger charge is 2.41. The van der Waals surface area contributed by atoms with Gasteiger partial charge in [-0.05, 0) is 24.6 Å². The number of nitrogens with one attached hydrogen (secondary N) is 1. The molecule has 0 fully saturated rings. The maximum atomic E-state index is 12.8. The Morgan fingerprint density at radius 1 is 1.29 bits per heavy atom. The summed E-state index contributed by atoms with van der Waals surface area (Å²) in [5.74, 6) is -4.14. The molecule has 0 aromatic heterocycles. The van der Waals surface area contributed by atoms with E-state index >= 15 is 0 Å². The molecule has 1 aromatic rings. The second-order valence-corrected chi connectivity index (χ2v) is 5.01. The van der Waals surface area contributed by atoms with E-state index in [0.29, 0.717) is 17.1 Å². The highest BCUT2D eigenvalue weighted by molar-refractivity contribution is 6.31. The average Bonchev–Trinajstić information content (AvgIpc) is 2.43. The van der Waals surface area contributed by atoms with Crippen molar-refractivity contribution in [2.75, 3.05) is 19.8 Å². The Morgan fingerprint density at radius 3 is 2.52 bits per heavy atom. The fourth-order valence-electron chi connectivity index (χ4n) is 1.71. The summed E-state index contributed by atoms with van der Waals surface area (Å²) in [5, 5.41) is 3.57. The molecule has 1 rings (SSSR count). The zero-order valence-corrected chi connectivity index (χ0v) is 12.3. The summed E-state index contributed by atoms with van der Waals surface area (Å²) < 4.78 is 54.5. The first kappa shape index (κ1) is 18.2. The summed E-state index contributed by atoms with van der Waals surface area (Å²) >= 11 is 6.05. The Labute approximate surface area is 126 Å². The van der Waals surface area contributed by atoms with E-state index in [1.165, 1.54) is 0 Å². The zero-order valence-electron chi connectivity index (χ0n) is 11.6. The van der Waals surface area contributed by atoms with Crippen molar-refractivity contribution in [2.45, 2.75) is 31.7 Å². The van der Waals surface area contributed by atoms with E-state index < -0.39 is 25.0 Å². The highest BCUT2D eigenvalue weighted by Crippen LogP contribution is 2.26. The summed E-state index contributed by atoms with van der Waals surface area (Å²) in [6, 6.07) is 6.49. The zero-order chi connectivity index (χ0) is 15.9. The minimum atomic E-state index is -4.14. The lowest BCUT2D eigenvalue weighted by Crippen LogP contribution is -2.34. The molecule has 1 N–H and O–H groups in total. The van der Waals surface area contributed by atoms with E-state index in [1.807, 2.05) is 6.92 Å². The quantitative estimate of drug-likeness (QED) is 0.683. The van der Waals surface area contributed by atoms with Crippen LogP contribution in [0.2, 0.25) is 5.02 Å². The van der Waals surface area contributed by atoms with Crippen LogP contribution in [0.25, 0.3) is 0 Å². The van der Waals surface area contributed by atoms with E-state index in [2.05, 4.69) is 5.32 Å². The van der Waals surface area contributed by atoms with Crippen LogP contribution in [0.15, 0.2) is 24.3 Å². The first-order valence-electron chi connectivity index (χ1n) is 6.60. The molecule has 0 amide bonds. The minimum Gasteiger partial charge on any atom is -0.373 e. The molecule has 2 nitrogen and oxygen atoms in total. The monoisotopic (exact) mass is 327 g/mol. The van der Waals surface area contributed by atoms with Crippen LogP contribution in [-0.4, -0.2) is 32.1 Å². The molecule has 21 heavy (non-hydrogen) atoms. The van der Waals surface area contributed by atoms with Gasteiger partial charge in [-0.2, -0.15) is 8.78 Å². The molecule has 0 aliphatic rings. The molecule has 1 atom stereocenters. The van der Waals surface area contributed by atoms with Gasteiger partial charge in [0, 0.05) is 5.02 Å². The van der Waals surface area contributed by atoms with Gasteiger partial charge in [-0.1, -0.05) is 36.7 Å². The summed E-state index contributed by atoms with van der Waals surface area (Å²) in [7, 11) is 0. The summed E-state index contributed by atoms with van der Waals surface area (Å²) in [6.07, 6.45) is -2.91. The Balaban J connectivity index is 2.65. The standard InChI is InChI=1S/C14H18ClF4NO/c1-2-7-20-12(10-5-3-4-6-11(10)15)8-21-9-14(18,19)13(16)17/h3-6,12-13,20H,2,7-9H2,1H3. The largest absolute Gasteiger partial charge is 0.373 e. The number of rotatable bonds is 9. The van der Waals surface area contributed by atoms with Crippen LogP contribution in [0, 0.1) is 0 Å². The maximum Gasteiger partial charge on any atom is 0.330 e. The fraction of sp³-hybridized carbons (Fsp3) is 0.571. The molecule has 0 saturated carbocycles. The number of hydrogen-bond acceptors (Lipinski definition) is 2. The van der Waals surface area contributed by atoms with E-state index in [4.69, 9.17) is 16.3 Å². The Kier molecular flexibility index (Phi) is 7.42. The van der Waals surface area contributed by atoms with Crippen LogP contribution in [0.3, 0.4) is 0 Å². The Hall–Kier alpha value is -0.850. The van der Waals surface area contributed by atoms with E-state index in [1.54, 1.807) is 24.3 Å². The van der Waals surface area contributed by atoms with Crippen LogP contribution >= 0.6 is 11.6 Å². The molecule has 1 unspecified atom stereocenters. The SMILES string of the molecule is CCCNC(COCC(F)(F)C(F)F)c1ccccc1Cl. The van der Waals surface area contributed by atoms with Crippen molar-refractivity contribution in [3.63, 3.8) is 0 Å². The third kappa shape index (κ3) is 5.80. The first-order valence-corrected chi connectivity index (χ1v) is 6.97. The van der Waals surface area contributed by atoms with Gasteiger partial charge in [0.25, 0.3) is 0 Å². The number of halogens is 5. The smallest absolute Gasteiger partial charge is 0.330 e. The lowest BCUT2D eigenvalue weighted by molar-refractivity contribution is -0.167. The van der Waals surface area contributed by atoms with Gasteiger partial charge in [-0.3, -0.25) is 0 Å². The van der Waals surface area contributed by atoms with Gasteiger partial charge < -0.3 is 10.1 Å². The minimum absolute atomic E-state index is 0.161. The Bertz CT molecular complexity index is 431. The van der Waals surface area contributed by atoms with E-state index in [0.717, 1.165) is 6.42 Å². The normalized spacial score (nSPS) is 13.7. The number of ether oxygens (including phenoxy) is 1. The average molecular weight is 328 g/mol. The van der Waals surface area contributed by atoms with Crippen molar-refractivity contribution >= 4 is 11.6 Å². The van der Waals surface area contributed by atoms with Crippen molar-refractivity contribution in [3.05, 3.63) is 34.9 Å². The first-order chi connectivity index (χ1) is 9.88. The molecule has 0 aliphatic heterocycles. The third-order valence-corrected chi connectivity index (χ3v) is 3.16. The lowest BCUT2D eigenvalue weighted by Gasteiger charge is -2.22. The predicted molar refractivity (Wildman–Crippen MR) is 74.3 cm³/mol. The molecule has 0 saturated heterocycles. The molecule has 0 spiro atoms. The van der Waals surface area contributed by atoms with Crippen molar-refractivity contribution < 1.29 is 22.3 Å². The number of hydrogen-bond donors (Lipinski definition) is 1. The third-order valence-electron chi connectivity index (χ3n) is 2.82. The van der Waals surface area contributed by atoms with Gasteiger partial charge in [0.15, 0.2) is 0 Å². The van der Waals surface area contributed by atoms with Crippen molar-refractivity contribution in [3.8, 4) is 0 Å². The maximum absolute atomic E-state index is 12.8. The summed E-state index contributed by atoms with van der Waals surface area (Å²) in [4.78, 5) is 0. The van der Waals surface area contributed by atoms with Gasteiger partial charge in [-0.15, -0.1) is 0 Å². The van der Waals surface area contributed by atoms with Gasteiger partial charge >= 0.3 is 12.3 Å². The molecule has 0 aliphatic carbocycles. The number of benzene rings is 1. The lowest BCUT2D eigenvalue weighted by atomic mass is 10.1. The van der Waals surface area contributed by atoms with Gasteiger partial charge in [0.2, 0.25) is 0 Å². The molecule has 1 aromatic carbocycles. The van der Waals surface area contributed by atoms with Gasteiger partial charge in [-0.25, -0.2) is 8.78 Å². The van der Waals surface area contributed by atoms with E-state index in [9.17, 15) is 17.6 Å².